The topological polar surface area (TPSA) is 38.8 Å². The number of carbonyl (C=O) groups excluding carboxylic acids is 1. The number of rotatable bonds is 4. The zero-order valence-corrected chi connectivity index (χ0v) is 13.1. The first-order chi connectivity index (χ1) is 9.13. The van der Waals surface area contributed by atoms with Crippen LogP contribution in [0, 0.1) is 0 Å². The molecule has 6 heteroatoms. The lowest BCUT2D eigenvalue weighted by atomic mass is 10.2. The van der Waals surface area contributed by atoms with Crippen LogP contribution in [0.25, 0.3) is 0 Å². The van der Waals surface area contributed by atoms with E-state index in [-0.39, 0.29) is 12.1 Å². The maximum absolute atomic E-state index is 11.6. The molecule has 1 aliphatic heterocycles. The number of ether oxygens (including phenoxy) is 2. The van der Waals surface area contributed by atoms with Gasteiger partial charge in [0.25, 0.3) is 0 Å². The molecule has 0 amide bonds. The van der Waals surface area contributed by atoms with Gasteiger partial charge in [-0.3, -0.25) is 4.90 Å². The lowest BCUT2D eigenvalue weighted by Gasteiger charge is -2.35. The van der Waals surface area contributed by atoms with E-state index in [9.17, 15) is 4.79 Å². The van der Waals surface area contributed by atoms with Crippen LogP contribution in [0.3, 0.4) is 0 Å². The molecule has 0 spiro atoms. The van der Waals surface area contributed by atoms with Gasteiger partial charge in [-0.2, -0.15) is 0 Å². The summed E-state index contributed by atoms with van der Waals surface area (Å²) in [4.78, 5) is 15.1. The van der Waals surface area contributed by atoms with Gasteiger partial charge in [-0.1, -0.05) is 6.08 Å². The molecule has 1 saturated heterocycles. The van der Waals surface area contributed by atoms with Crippen LogP contribution < -0.4 is 0 Å². The number of halogens is 1. The van der Waals surface area contributed by atoms with E-state index in [4.69, 9.17) is 9.47 Å². The van der Waals surface area contributed by atoms with Gasteiger partial charge in [-0.05, 0) is 27.4 Å². The van der Waals surface area contributed by atoms with Crippen LogP contribution in [-0.4, -0.2) is 43.3 Å². The molecule has 1 fully saturated rings. The third-order valence-corrected chi connectivity index (χ3v) is 4.90. The minimum Gasteiger partial charge on any atom is -0.467 e. The Labute approximate surface area is 125 Å². The predicted molar refractivity (Wildman–Crippen MR) is 78.2 cm³/mol. The molecule has 1 aromatic rings. The van der Waals surface area contributed by atoms with Crippen molar-refractivity contribution >= 4 is 33.2 Å². The van der Waals surface area contributed by atoms with Crippen molar-refractivity contribution in [3.8, 4) is 0 Å². The van der Waals surface area contributed by atoms with E-state index in [0.717, 1.165) is 17.6 Å². The van der Waals surface area contributed by atoms with Crippen LogP contribution in [0.4, 0.5) is 0 Å². The molecule has 1 unspecified atom stereocenters. The number of hydrogen-bond donors (Lipinski definition) is 0. The highest BCUT2D eigenvalue weighted by Gasteiger charge is 2.32. The van der Waals surface area contributed by atoms with E-state index in [1.54, 1.807) is 17.4 Å². The van der Waals surface area contributed by atoms with Crippen molar-refractivity contribution < 1.29 is 14.3 Å². The quantitative estimate of drug-likeness (QED) is 0.620. The molecule has 0 N–H and O–H groups in total. The minimum atomic E-state index is -0.541. The number of nitrogens with zero attached hydrogens (tertiary/aromatic N) is 1. The van der Waals surface area contributed by atoms with E-state index >= 15 is 0 Å². The molecular formula is C13H16BrNO3S. The normalized spacial score (nSPS) is 24.1. The Kier molecular flexibility index (Phi) is 5.15. The van der Waals surface area contributed by atoms with Crippen molar-refractivity contribution in [2.75, 3.05) is 20.2 Å². The molecule has 2 atom stereocenters. The van der Waals surface area contributed by atoms with Gasteiger partial charge in [0.05, 0.1) is 13.2 Å². The third kappa shape index (κ3) is 3.66. The van der Waals surface area contributed by atoms with Gasteiger partial charge in [0, 0.05) is 29.0 Å². The van der Waals surface area contributed by atoms with E-state index in [1.165, 1.54) is 12.0 Å². The number of thiophene rings is 1. The van der Waals surface area contributed by atoms with Gasteiger partial charge in [0.2, 0.25) is 0 Å². The van der Waals surface area contributed by atoms with Gasteiger partial charge in [-0.15, -0.1) is 17.9 Å². The van der Waals surface area contributed by atoms with E-state index in [0.29, 0.717) is 6.54 Å². The number of esters is 1. The number of carbonyl (C=O) groups is 1. The average Bonchev–Trinajstić information content (AvgIpc) is 2.83. The second kappa shape index (κ2) is 6.65. The highest BCUT2D eigenvalue weighted by molar-refractivity contribution is 9.10. The maximum Gasteiger partial charge on any atom is 0.336 e. The minimum absolute atomic E-state index is 0.142. The zero-order valence-electron chi connectivity index (χ0n) is 10.7. The molecule has 4 nitrogen and oxygen atoms in total. The summed E-state index contributed by atoms with van der Waals surface area (Å²) in [6, 6.07) is 2.03. The summed E-state index contributed by atoms with van der Waals surface area (Å²) in [5.74, 6) is -0.332. The van der Waals surface area contributed by atoms with Crippen LogP contribution in [0.1, 0.15) is 4.88 Å². The standard InChI is InChI=1S/C13H16BrNO3S/c1-3-9-6-15(7-11(18-9)13(16)17-2)8-12-10(14)4-5-19-12/h3-5,9,11H,1,6-8H2,2H3/t9-,11?/m1/s1. The Balaban J connectivity index is 2.05. The molecule has 104 valence electrons. The monoisotopic (exact) mass is 345 g/mol. The fraction of sp³-hybridized carbons (Fsp3) is 0.462. The van der Waals surface area contributed by atoms with Crippen molar-refractivity contribution in [3.05, 3.63) is 33.5 Å². The number of methoxy groups -OCH3 is 1. The van der Waals surface area contributed by atoms with E-state index in [2.05, 4.69) is 27.4 Å². The molecule has 1 aliphatic rings. The molecule has 0 bridgehead atoms. The van der Waals surface area contributed by atoms with Crippen molar-refractivity contribution in [3.63, 3.8) is 0 Å². The Morgan fingerprint density at radius 3 is 3.11 bits per heavy atom. The summed E-state index contributed by atoms with van der Waals surface area (Å²) in [6.07, 6.45) is 1.04. The molecule has 1 aromatic heterocycles. The van der Waals surface area contributed by atoms with Crippen LogP contribution in [-0.2, 0) is 20.8 Å². The summed E-state index contributed by atoms with van der Waals surface area (Å²) < 4.78 is 11.5. The highest BCUT2D eigenvalue weighted by Crippen LogP contribution is 2.25. The Morgan fingerprint density at radius 2 is 2.53 bits per heavy atom. The maximum atomic E-state index is 11.6. The van der Waals surface area contributed by atoms with Gasteiger partial charge in [0.1, 0.15) is 0 Å². The first-order valence-electron chi connectivity index (χ1n) is 5.94. The summed E-state index contributed by atoms with van der Waals surface area (Å²) in [5, 5.41) is 2.04. The van der Waals surface area contributed by atoms with E-state index < -0.39 is 6.10 Å². The van der Waals surface area contributed by atoms with Crippen LogP contribution in [0.15, 0.2) is 28.6 Å². The highest BCUT2D eigenvalue weighted by atomic mass is 79.9. The molecule has 0 saturated carbocycles. The molecular weight excluding hydrogens is 330 g/mol. The van der Waals surface area contributed by atoms with Crippen molar-refractivity contribution in [2.24, 2.45) is 0 Å². The summed E-state index contributed by atoms with van der Waals surface area (Å²) in [7, 11) is 1.38. The van der Waals surface area contributed by atoms with Crippen LogP contribution >= 0.6 is 27.3 Å². The van der Waals surface area contributed by atoms with Crippen LogP contribution in [0.2, 0.25) is 0 Å². The average molecular weight is 346 g/mol. The Bertz CT molecular complexity index is 462. The third-order valence-electron chi connectivity index (χ3n) is 2.99. The predicted octanol–water partition coefficient (Wildman–Crippen LogP) is 2.44. The fourth-order valence-corrected chi connectivity index (χ4v) is 3.54. The van der Waals surface area contributed by atoms with Gasteiger partial charge < -0.3 is 9.47 Å². The molecule has 0 aliphatic carbocycles. The zero-order chi connectivity index (χ0) is 13.8. The van der Waals surface area contributed by atoms with Crippen molar-refractivity contribution in [1.82, 2.24) is 4.90 Å². The van der Waals surface area contributed by atoms with Crippen LogP contribution in [0.5, 0.6) is 0 Å². The second-order valence-electron chi connectivity index (χ2n) is 4.31. The molecule has 19 heavy (non-hydrogen) atoms. The van der Waals surface area contributed by atoms with Crippen molar-refractivity contribution in [2.45, 2.75) is 18.8 Å². The molecule has 2 heterocycles. The lowest BCUT2D eigenvalue weighted by Crippen LogP contribution is -2.49. The van der Waals surface area contributed by atoms with Gasteiger partial charge >= 0.3 is 5.97 Å². The second-order valence-corrected chi connectivity index (χ2v) is 6.16. The summed E-state index contributed by atoms with van der Waals surface area (Å²) >= 11 is 5.22. The lowest BCUT2D eigenvalue weighted by molar-refractivity contribution is -0.164. The van der Waals surface area contributed by atoms with E-state index in [1.807, 2.05) is 11.4 Å². The number of morpholine rings is 1. The molecule has 0 radical (unpaired) electrons. The molecule has 0 aromatic carbocycles. The first-order valence-corrected chi connectivity index (χ1v) is 7.61. The first kappa shape index (κ1) is 14.7. The SMILES string of the molecule is C=C[C@@H]1CN(Cc2sccc2Br)CC(C(=O)OC)O1. The largest absolute Gasteiger partial charge is 0.467 e. The fourth-order valence-electron chi connectivity index (χ4n) is 2.02. The van der Waals surface area contributed by atoms with Gasteiger partial charge in [0.15, 0.2) is 6.10 Å². The molecule has 2 rings (SSSR count). The Hall–Kier alpha value is -0.690. The van der Waals surface area contributed by atoms with Gasteiger partial charge in [-0.25, -0.2) is 4.79 Å². The smallest absolute Gasteiger partial charge is 0.336 e. The van der Waals surface area contributed by atoms with Crippen molar-refractivity contribution in [1.29, 1.82) is 0 Å². The summed E-state index contributed by atoms with van der Waals surface area (Å²) in [5.41, 5.74) is 0. The summed E-state index contributed by atoms with van der Waals surface area (Å²) in [6.45, 7) is 5.81. The number of hydrogen-bond acceptors (Lipinski definition) is 5. The Morgan fingerprint density at radius 1 is 1.74 bits per heavy atom.